The van der Waals surface area contributed by atoms with Crippen LogP contribution >= 0.6 is 15.9 Å². The second-order valence-electron chi connectivity index (χ2n) is 6.51. The van der Waals surface area contributed by atoms with Crippen molar-refractivity contribution in [2.45, 2.75) is 25.0 Å². The van der Waals surface area contributed by atoms with Gasteiger partial charge in [0.2, 0.25) is 0 Å². The molecule has 2 aliphatic heterocycles. The lowest BCUT2D eigenvalue weighted by Crippen LogP contribution is -2.41. The maximum atomic E-state index is 4.97. The summed E-state index contributed by atoms with van der Waals surface area (Å²) in [6.07, 6.45) is 3.95. The number of hydrogen-bond acceptors (Lipinski definition) is 3. The van der Waals surface area contributed by atoms with Crippen molar-refractivity contribution < 1.29 is 0 Å². The summed E-state index contributed by atoms with van der Waals surface area (Å²) in [4.78, 5) is 12.3. The van der Waals surface area contributed by atoms with E-state index in [4.69, 9.17) is 9.98 Å². The van der Waals surface area contributed by atoms with Gasteiger partial charge < -0.3 is 0 Å². The summed E-state index contributed by atoms with van der Waals surface area (Å²) in [5.41, 5.74) is 3.31. The predicted octanol–water partition coefficient (Wildman–Crippen LogP) is 4.31. The molecule has 3 nitrogen and oxygen atoms in total. The van der Waals surface area contributed by atoms with E-state index >= 15 is 0 Å². The first-order chi connectivity index (χ1) is 11.7. The highest BCUT2D eigenvalue weighted by Gasteiger charge is 2.36. The van der Waals surface area contributed by atoms with Gasteiger partial charge in [-0.05, 0) is 17.7 Å². The van der Waals surface area contributed by atoms with Crippen molar-refractivity contribution >= 4 is 27.9 Å². The molecule has 4 rings (SSSR count). The number of benzene rings is 2. The van der Waals surface area contributed by atoms with Crippen LogP contribution in [0.4, 0.5) is 0 Å². The number of hydrogen-bond donors (Lipinski definition) is 0. The number of halogens is 1. The maximum absolute atomic E-state index is 4.97. The van der Waals surface area contributed by atoms with Gasteiger partial charge in [0.25, 0.3) is 0 Å². The van der Waals surface area contributed by atoms with Crippen molar-refractivity contribution in [2.75, 3.05) is 13.1 Å². The van der Waals surface area contributed by atoms with Gasteiger partial charge in [0, 0.05) is 42.5 Å². The van der Waals surface area contributed by atoms with Gasteiger partial charge in [-0.1, -0.05) is 58.4 Å². The third kappa shape index (κ3) is 3.35. The Morgan fingerprint density at radius 1 is 0.958 bits per heavy atom. The molecular weight excluding hydrogens is 362 g/mol. The quantitative estimate of drug-likeness (QED) is 0.777. The van der Waals surface area contributed by atoms with Gasteiger partial charge >= 0.3 is 0 Å². The molecule has 4 heteroatoms. The highest BCUT2D eigenvalue weighted by atomic mass is 79.9. The first-order valence-electron chi connectivity index (χ1n) is 8.40. The lowest BCUT2D eigenvalue weighted by atomic mass is 9.98. The van der Waals surface area contributed by atoms with Gasteiger partial charge in [-0.3, -0.25) is 14.9 Å². The van der Waals surface area contributed by atoms with E-state index in [1.54, 1.807) is 0 Å². The Labute approximate surface area is 151 Å². The van der Waals surface area contributed by atoms with Crippen LogP contribution < -0.4 is 0 Å². The van der Waals surface area contributed by atoms with E-state index in [1.807, 2.05) is 6.21 Å². The number of rotatable bonds is 3. The summed E-state index contributed by atoms with van der Waals surface area (Å²) in [5.74, 6) is 0. The standard InChI is InChI=1S/C20H20BrN3/c21-18-8-6-17(7-9-18)19-14-22-20(23-19)10-12-24(13-11-20)15-16-4-2-1-3-5-16/h1-9,14H,10-13,15H2. The molecule has 0 unspecified atom stereocenters. The van der Waals surface area contributed by atoms with Crippen LogP contribution in [0, 0.1) is 0 Å². The smallest absolute Gasteiger partial charge is 0.153 e. The largest absolute Gasteiger partial charge is 0.299 e. The fraction of sp³-hybridized carbons (Fsp3) is 0.300. The highest BCUT2D eigenvalue weighted by Crippen LogP contribution is 2.32. The van der Waals surface area contributed by atoms with Gasteiger partial charge in [0.15, 0.2) is 5.66 Å². The van der Waals surface area contributed by atoms with Crippen LogP contribution in [-0.2, 0) is 6.54 Å². The Bertz CT molecular complexity index is 757. The van der Waals surface area contributed by atoms with Gasteiger partial charge in [-0.2, -0.15) is 0 Å². The molecular formula is C20H20BrN3. The summed E-state index contributed by atoms with van der Waals surface area (Å²) in [6, 6.07) is 19.0. The molecule has 2 aliphatic rings. The summed E-state index contributed by atoms with van der Waals surface area (Å²) in [7, 11) is 0. The Morgan fingerprint density at radius 2 is 1.67 bits per heavy atom. The molecule has 0 N–H and O–H groups in total. The van der Waals surface area contributed by atoms with Crippen molar-refractivity contribution in [1.29, 1.82) is 0 Å². The number of piperidine rings is 1. The molecule has 0 amide bonds. The fourth-order valence-electron chi connectivity index (χ4n) is 3.37. The summed E-state index contributed by atoms with van der Waals surface area (Å²) in [5, 5.41) is 0. The molecule has 2 heterocycles. The van der Waals surface area contributed by atoms with Gasteiger partial charge in [0.05, 0.1) is 11.9 Å². The molecule has 0 aliphatic carbocycles. The Morgan fingerprint density at radius 3 is 2.38 bits per heavy atom. The molecule has 0 radical (unpaired) electrons. The fourth-order valence-corrected chi connectivity index (χ4v) is 3.64. The topological polar surface area (TPSA) is 28.0 Å². The monoisotopic (exact) mass is 381 g/mol. The van der Waals surface area contributed by atoms with E-state index in [2.05, 4.69) is 75.4 Å². The van der Waals surface area contributed by atoms with Crippen LogP contribution in [0.2, 0.25) is 0 Å². The van der Waals surface area contributed by atoms with E-state index < -0.39 is 0 Å². The third-order valence-corrected chi connectivity index (χ3v) is 5.33. The second kappa shape index (κ2) is 6.61. The van der Waals surface area contributed by atoms with Crippen molar-refractivity contribution in [2.24, 2.45) is 9.98 Å². The van der Waals surface area contributed by atoms with Gasteiger partial charge in [0.1, 0.15) is 0 Å². The summed E-state index contributed by atoms with van der Waals surface area (Å²) in [6.45, 7) is 3.11. The van der Waals surface area contributed by atoms with E-state index in [9.17, 15) is 0 Å². The van der Waals surface area contributed by atoms with Crippen LogP contribution in [-0.4, -0.2) is 35.6 Å². The third-order valence-electron chi connectivity index (χ3n) is 4.80. The molecule has 1 spiro atoms. The number of likely N-dealkylation sites (tertiary alicyclic amines) is 1. The van der Waals surface area contributed by atoms with Gasteiger partial charge in [-0.15, -0.1) is 0 Å². The van der Waals surface area contributed by atoms with E-state index in [1.165, 1.54) is 5.56 Å². The lowest BCUT2D eigenvalue weighted by Gasteiger charge is -2.35. The van der Waals surface area contributed by atoms with Crippen LogP contribution in [0.1, 0.15) is 24.0 Å². The molecule has 1 fully saturated rings. The first-order valence-corrected chi connectivity index (χ1v) is 9.19. The minimum absolute atomic E-state index is 0.227. The first kappa shape index (κ1) is 15.7. The molecule has 0 saturated carbocycles. The molecule has 0 atom stereocenters. The molecule has 122 valence electrons. The molecule has 1 saturated heterocycles. The zero-order chi connectivity index (χ0) is 16.4. The molecule has 0 aromatic heterocycles. The van der Waals surface area contributed by atoms with E-state index in [-0.39, 0.29) is 5.66 Å². The van der Waals surface area contributed by atoms with E-state index in [0.717, 1.165) is 48.2 Å². The lowest BCUT2D eigenvalue weighted by molar-refractivity contribution is 0.163. The zero-order valence-electron chi connectivity index (χ0n) is 13.5. The van der Waals surface area contributed by atoms with Crippen molar-refractivity contribution in [3.05, 3.63) is 70.2 Å². The Hall–Kier alpha value is -1.78. The maximum Gasteiger partial charge on any atom is 0.153 e. The minimum atomic E-state index is -0.227. The minimum Gasteiger partial charge on any atom is -0.299 e. The average molecular weight is 382 g/mol. The van der Waals surface area contributed by atoms with Crippen molar-refractivity contribution in [3.63, 3.8) is 0 Å². The predicted molar refractivity (Wildman–Crippen MR) is 103 cm³/mol. The summed E-state index contributed by atoms with van der Waals surface area (Å²) >= 11 is 3.48. The molecule has 2 aromatic carbocycles. The molecule has 24 heavy (non-hydrogen) atoms. The highest BCUT2D eigenvalue weighted by molar-refractivity contribution is 9.10. The normalized spacial score (nSPS) is 19.6. The average Bonchev–Trinajstić information content (AvgIpc) is 3.03. The Kier molecular flexibility index (Phi) is 4.33. The van der Waals surface area contributed by atoms with E-state index in [0.29, 0.717) is 0 Å². The van der Waals surface area contributed by atoms with Crippen molar-refractivity contribution in [3.8, 4) is 0 Å². The zero-order valence-corrected chi connectivity index (χ0v) is 15.1. The SMILES string of the molecule is Brc1ccc(C2=NC3(CCN(Cc4ccccc4)CC3)N=C2)cc1. The number of nitrogens with zero attached hydrogens (tertiary/aromatic N) is 3. The van der Waals surface area contributed by atoms with Crippen molar-refractivity contribution in [1.82, 2.24) is 4.90 Å². The molecule has 0 bridgehead atoms. The number of aliphatic imine (C=N–C) groups is 2. The van der Waals surface area contributed by atoms with Crippen LogP contribution in [0.25, 0.3) is 0 Å². The van der Waals surface area contributed by atoms with Crippen LogP contribution in [0.15, 0.2) is 69.1 Å². The Balaban J connectivity index is 1.42. The second-order valence-corrected chi connectivity index (χ2v) is 7.42. The van der Waals surface area contributed by atoms with Crippen LogP contribution in [0.3, 0.4) is 0 Å². The molecule has 2 aromatic rings. The van der Waals surface area contributed by atoms with Gasteiger partial charge in [-0.25, -0.2) is 0 Å². The van der Waals surface area contributed by atoms with Crippen LogP contribution in [0.5, 0.6) is 0 Å². The summed E-state index contributed by atoms with van der Waals surface area (Å²) < 4.78 is 1.09.